The standard InChI is InChI=1S/C11H18BrN3/c1-2-3-4-9(7-13)15-11-5-6-14-8-10(11)12/h5-6,8-9H,2-4,7,13H2,1H3,(H,14,15). The number of aromatic nitrogens is 1. The molecule has 0 aliphatic carbocycles. The van der Waals surface area contributed by atoms with Crippen LogP contribution in [0.25, 0.3) is 0 Å². The van der Waals surface area contributed by atoms with E-state index in [0.717, 1.165) is 16.6 Å². The Labute approximate surface area is 99.6 Å². The number of nitrogens with zero attached hydrogens (tertiary/aromatic N) is 1. The molecule has 0 spiro atoms. The Bertz CT molecular complexity index is 291. The molecule has 0 aliphatic heterocycles. The van der Waals surface area contributed by atoms with Crippen molar-refractivity contribution in [2.45, 2.75) is 32.2 Å². The van der Waals surface area contributed by atoms with Gasteiger partial charge in [-0.3, -0.25) is 4.98 Å². The Hall–Kier alpha value is -0.610. The monoisotopic (exact) mass is 271 g/mol. The first kappa shape index (κ1) is 12.5. The summed E-state index contributed by atoms with van der Waals surface area (Å²) < 4.78 is 0.986. The van der Waals surface area contributed by atoms with Crippen LogP contribution in [-0.4, -0.2) is 17.6 Å². The van der Waals surface area contributed by atoms with Crippen molar-refractivity contribution in [1.82, 2.24) is 4.98 Å². The van der Waals surface area contributed by atoms with Crippen molar-refractivity contribution in [2.75, 3.05) is 11.9 Å². The van der Waals surface area contributed by atoms with Gasteiger partial charge in [-0.1, -0.05) is 19.8 Å². The zero-order chi connectivity index (χ0) is 11.1. The molecule has 1 heterocycles. The molecule has 0 radical (unpaired) electrons. The van der Waals surface area contributed by atoms with Gasteiger partial charge in [-0.25, -0.2) is 0 Å². The maximum absolute atomic E-state index is 5.72. The summed E-state index contributed by atoms with van der Waals surface area (Å²) >= 11 is 3.46. The molecule has 0 saturated heterocycles. The van der Waals surface area contributed by atoms with Crippen molar-refractivity contribution in [1.29, 1.82) is 0 Å². The van der Waals surface area contributed by atoms with Gasteiger partial charge in [0.2, 0.25) is 0 Å². The maximum Gasteiger partial charge on any atom is 0.0590 e. The molecule has 1 rings (SSSR count). The quantitative estimate of drug-likeness (QED) is 0.837. The van der Waals surface area contributed by atoms with Gasteiger partial charge in [0, 0.05) is 25.0 Å². The van der Waals surface area contributed by atoms with Crippen molar-refractivity contribution in [3.05, 3.63) is 22.9 Å². The molecule has 0 aromatic carbocycles. The number of rotatable bonds is 6. The largest absolute Gasteiger partial charge is 0.380 e. The Morgan fingerprint density at radius 2 is 2.40 bits per heavy atom. The van der Waals surface area contributed by atoms with E-state index >= 15 is 0 Å². The van der Waals surface area contributed by atoms with Crippen LogP contribution in [0.5, 0.6) is 0 Å². The number of nitrogens with two attached hydrogens (primary N) is 1. The maximum atomic E-state index is 5.72. The van der Waals surface area contributed by atoms with Crippen LogP contribution in [0.3, 0.4) is 0 Å². The molecular formula is C11H18BrN3. The summed E-state index contributed by atoms with van der Waals surface area (Å²) in [7, 11) is 0. The van der Waals surface area contributed by atoms with E-state index in [4.69, 9.17) is 5.73 Å². The molecule has 3 nitrogen and oxygen atoms in total. The fourth-order valence-electron chi connectivity index (χ4n) is 1.41. The molecule has 4 heteroatoms. The van der Waals surface area contributed by atoms with Gasteiger partial charge >= 0.3 is 0 Å². The smallest absolute Gasteiger partial charge is 0.0590 e. The van der Waals surface area contributed by atoms with Crippen LogP contribution in [0.2, 0.25) is 0 Å². The van der Waals surface area contributed by atoms with E-state index in [9.17, 15) is 0 Å². The number of anilines is 1. The highest BCUT2D eigenvalue weighted by atomic mass is 79.9. The van der Waals surface area contributed by atoms with Gasteiger partial charge in [0.1, 0.15) is 0 Å². The molecule has 15 heavy (non-hydrogen) atoms. The summed E-state index contributed by atoms with van der Waals surface area (Å²) in [4.78, 5) is 4.02. The zero-order valence-corrected chi connectivity index (χ0v) is 10.6. The van der Waals surface area contributed by atoms with Crippen LogP contribution >= 0.6 is 15.9 Å². The van der Waals surface area contributed by atoms with Gasteiger partial charge in [0.15, 0.2) is 0 Å². The molecule has 84 valence electrons. The minimum atomic E-state index is 0.351. The second-order valence-corrected chi connectivity index (χ2v) is 4.43. The van der Waals surface area contributed by atoms with Crippen LogP contribution in [-0.2, 0) is 0 Å². The third-order valence-electron chi connectivity index (χ3n) is 2.32. The first-order valence-corrected chi connectivity index (χ1v) is 6.13. The normalized spacial score (nSPS) is 12.5. The van der Waals surface area contributed by atoms with Crippen LogP contribution in [0, 0.1) is 0 Å². The summed E-state index contributed by atoms with van der Waals surface area (Å²) in [6, 6.07) is 2.31. The Morgan fingerprint density at radius 3 is 3.00 bits per heavy atom. The number of hydrogen-bond acceptors (Lipinski definition) is 3. The molecule has 0 saturated carbocycles. The van der Waals surface area contributed by atoms with E-state index in [0.29, 0.717) is 12.6 Å². The molecule has 0 amide bonds. The van der Waals surface area contributed by atoms with E-state index in [1.54, 1.807) is 12.4 Å². The van der Waals surface area contributed by atoms with Crippen molar-refractivity contribution < 1.29 is 0 Å². The molecule has 1 atom stereocenters. The molecule has 1 aromatic heterocycles. The molecular weight excluding hydrogens is 254 g/mol. The van der Waals surface area contributed by atoms with Crippen molar-refractivity contribution >= 4 is 21.6 Å². The van der Waals surface area contributed by atoms with Gasteiger partial charge in [0.25, 0.3) is 0 Å². The second-order valence-electron chi connectivity index (χ2n) is 3.57. The Kier molecular flexibility index (Phi) is 5.65. The SMILES string of the molecule is CCCCC(CN)Nc1ccncc1Br. The lowest BCUT2D eigenvalue weighted by Crippen LogP contribution is -2.28. The Balaban J connectivity index is 2.54. The Morgan fingerprint density at radius 1 is 1.60 bits per heavy atom. The molecule has 0 bridgehead atoms. The van der Waals surface area contributed by atoms with Crippen LogP contribution in [0.4, 0.5) is 5.69 Å². The van der Waals surface area contributed by atoms with E-state index in [2.05, 4.69) is 33.2 Å². The van der Waals surface area contributed by atoms with Gasteiger partial charge in [0.05, 0.1) is 10.2 Å². The summed E-state index contributed by atoms with van der Waals surface area (Å²) in [6.07, 6.45) is 7.09. The fourth-order valence-corrected chi connectivity index (χ4v) is 1.78. The fraction of sp³-hybridized carbons (Fsp3) is 0.545. The van der Waals surface area contributed by atoms with Gasteiger partial charge in [-0.2, -0.15) is 0 Å². The lowest BCUT2D eigenvalue weighted by molar-refractivity contribution is 0.614. The predicted octanol–water partition coefficient (Wildman–Crippen LogP) is 2.77. The highest BCUT2D eigenvalue weighted by molar-refractivity contribution is 9.10. The number of halogens is 1. The first-order valence-electron chi connectivity index (χ1n) is 5.34. The predicted molar refractivity (Wildman–Crippen MR) is 67.9 cm³/mol. The third-order valence-corrected chi connectivity index (χ3v) is 2.95. The summed E-state index contributed by atoms with van der Waals surface area (Å²) in [5.74, 6) is 0. The van der Waals surface area contributed by atoms with Gasteiger partial charge < -0.3 is 11.1 Å². The van der Waals surface area contributed by atoms with Gasteiger partial charge in [-0.15, -0.1) is 0 Å². The highest BCUT2D eigenvalue weighted by Crippen LogP contribution is 2.21. The summed E-state index contributed by atoms with van der Waals surface area (Å²) in [5, 5.41) is 3.42. The molecule has 3 N–H and O–H groups in total. The number of hydrogen-bond donors (Lipinski definition) is 2. The van der Waals surface area contributed by atoms with Crippen LogP contribution in [0.1, 0.15) is 26.2 Å². The number of unbranched alkanes of at least 4 members (excludes halogenated alkanes) is 1. The molecule has 1 aromatic rings. The lowest BCUT2D eigenvalue weighted by Gasteiger charge is -2.18. The van der Waals surface area contributed by atoms with Crippen molar-refractivity contribution in [2.24, 2.45) is 5.73 Å². The van der Waals surface area contributed by atoms with E-state index in [-0.39, 0.29) is 0 Å². The summed E-state index contributed by atoms with van der Waals surface area (Å²) in [6.45, 7) is 2.85. The molecule has 1 unspecified atom stereocenters. The third kappa shape index (κ3) is 4.18. The number of pyridine rings is 1. The van der Waals surface area contributed by atoms with Crippen molar-refractivity contribution in [3.63, 3.8) is 0 Å². The topological polar surface area (TPSA) is 50.9 Å². The second kappa shape index (κ2) is 6.80. The van der Waals surface area contributed by atoms with Crippen molar-refractivity contribution in [3.8, 4) is 0 Å². The first-order chi connectivity index (χ1) is 7.27. The average Bonchev–Trinajstić information content (AvgIpc) is 2.26. The average molecular weight is 272 g/mol. The van der Waals surface area contributed by atoms with E-state index in [1.165, 1.54) is 12.8 Å². The van der Waals surface area contributed by atoms with Crippen LogP contribution in [0.15, 0.2) is 22.9 Å². The van der Waals surface area contributed by atoms with Crippen LogP contribution < -0.4 is 11.1 Å². The van der Waals surface area contributed by atoms with E-state index < -0.39 is 0 Å². The lowest BCUT2D eigenvalue weighted by atomic mass is 10.1. The molecule has 0 aliphatic rings. The minimum Gasteiger partial charge on any atom is -0.380 e. The van der Waals surface area contributed by atoms with Gasteiger partial charge in [-0.05, 0) is 28.4 Å². The highest BCUT2D eigenvalue weighted by Gasteiger charge is 2.07. The summed E-state index contributed by atoms with van der Waals surface area (Å²) in [5.41, 5.74) is 6.78. The minimum absolute atomic E-state index is 0.351. The number of nitrogens with one attached hydrogen (secondary N) is 1. The molecule has 0 fully saturated rings. The van der Waals surface area contributed by atoms with E-state index in [1.807, 2.05) is 6.07 Å². The zero-order valence-electron chi connectivity index (χ0n) is 9.04.